The van der Waals surface area contributed by atoms with Gasteiger partial charge in [0.25, 0.3) is 0 Å². The first-order valence-electron chi connectivity index (χ1n) is 26.9. The summed E-state index contributed by atoms with van der Waals surface area (Å²) in [5.74, 6) is 2.35. The number of fused-ring (bicyclic) bond motifs is 8. The van der Waals surface area contributed by atoms with Crippen LogP contribution in [0.15, 0.2) is 187 Å². The zero-order valence-corrected chi connectivity index (χ0v) is 46.1. The van der Waals surface area contributed by atoms with Gasteiger partial charge in [-0.25, -0.2) is 4.98 Å². The lowest BCUT2D eigenvalue weighted by Gasteiger charge is -2.29. The van der Waals surface area contributed by atoms with Gasteiger partial charge in [0, 0.05) is 51.3 Å². The molecule has 0 spiro atoms. The molecule has 76 heavy (non-hydrogen) atoms. The number of nitrogens with zero attached hydrogens (tertiary/aromatic N) is 4. The largest absolute Gasteiger partial charge is 0.457 e. The van der Waals surface area contributed by atoms with E-state index in [9.17, 15) is 0 Å². The highest BCUT2D eigenvalue weighted by molar-refractivity contribution is 6.24. The second-order valence-electron chi connectivity index (χ2n) is 25.0. The minimum absolute atomic E-state index is 0.0443. The van der Waals surface area contributed by atoms with E-state index in [4.69, 9.17) is 14.1 Å². The number of para-hydroxylation sites is 4. The van der Waals surface area contributed by atoms with Crippen molar-refractivity contribution in [3.05, 3.63) is 204 Å². The third-order valence-electron chi connectivity index (χ3n) is 15.6. The number of aromatic nitrogens is 2. The summed E-state index contributed by atoms with van der Waals surface area (Å²) in [5.41, 5.74) is 17.9. The Morgan fingerprint density at radius 2 is 1.04 bits per heavy atom. The summed E-state index contributed by atoms with van der Waals surface area (Å²) in [6.45, 7) is 27.8. The van der Waals surface area contributed by atoms with Crippen molar-refractivity contribution in [3.63, 3.8) is 0 Å². The van der Waals surface area contributed by atoms with Crippen LogP contribution in [0, 0.1) is 0 Å². The molecule has 0 N–H and O–H groups in total. The molecule has 0 amide bonds. The van der Waals surface area contributed by atoms with Gasteiger partial charge in [-0.1, -0.05) is 180 Å². The van der Waals surface area contributed by atoms with Crippen molar-refractivity contribution in [2.45, 2.75) is 105 Å². The Kier molecular flexibility index (Phi) is 11.4. The molecule has 1 aliphatic heterocycles. The topological polar surface area (TPSA) is 46.7 Å². The lowest BCUT2D eigenvalue weighted by Crippen LogP contribution is -2.25. The molecular formula is C70H68N4O2. The van der Waals surface area contributed by atoms with Gasteiger partial charge in [-0.3, -0.25) is 4.57 Å². The number of anilines is 4. The first-order chi connectivity index (χ1) is 36.2. The zero-order valence-electron chi connectivity index (χ0n) is 46.1. The molecule has 6 heteroatoms. The van der Waals surface area contributed by atoms with Gasteiger partial charge in [0.05, 0.1) is 33.5 Å². The van der Waals surface area contributed by atoms with E-state index in [1.807, 2.05) is 12.3 Å². The van der Waals surface area contributed by atoms with E-state index in [1.165, 1.54) is 50.2 Å². The Morgan fingerprint density at radius 3 is 1.67 bits per heavy atom. The van der Waals surface area contributed by atoms with Gasteiger partial charge in [-0.15, -0.1) is 0 Å². The van der Waals surface area contributed by atoms with E-state index in [-0.39, 0.29) is 21.7 Å². The summed E-state index contributed by atoms with van der Waals surface area (Å²) >= 11 is 0. The molecule has 1 aliphatic rings. The molecule has 0 fully saturated rings. The number of benzene rings is 8. The highest BCUT2D eigenvalue weighted by Crippen LogP contribution is 2.52. The fraction of sp³-hybridized carbons (Fsp3) is 0.243. The SMILES string of the molecule is CC(C)(C)c1ccc(-c2cccc(-c3ccc(C(C)(C)C)cc3)c2N2CN(c3cc(Oc4ccc5c6c7oc8ccccc8c7ccc6n(-c6cc(C(C)(C)C)ccn6)c5c4)cc(C(C)(C)C)c3)c3ccccc32)cc1. The smallest absolute Gasteiger partial charge is 0.145 e. The first-order valence-corrected chi connectivity index (χ1v) is 26.9. The Balaban J connectivity index is 0.989. The van der Waals surface area contributed by atoms with Crippen LogP contribution in [0.4, 0.5) is 22.7 Å². The van der Waals surface area contributed by atoms with E-state index < -0.39 is 0 Å². The molecule has 11 aromatic rings. The quantitative estimate of drug-likeness (QED) is 0.159. The van der Waals surface area contributed by atoms with E-state index >= 15 is 0 Å². The number of pyridine rings is 1. The lowest BCUT2D eigenvalue weighted by atomic mass is 9.85. The molecule has 0 aliphatic carbocycles. The number of rotatable bonds is 7. The van der Waals surface area contributed by atoms with Crippen LogP contribution in [0.1, 0.15) is 105 Å². The Labute approximate surface area is 448 Å². The Hall–Kier alpha value is -8.09. The molecule has 0 saturated carbocycles. The van der Waals surface area contributed by atoms with Crippen LogP contribution >= 0.6 is 0 Å². The summed E-state index contributed by atoms with van der Waals surface area (Å²) < 4.78 is 16.1. The summed E-state index contributed by atoms with van der Waals surface area (Å²) in [6, 6.07) is 64.3. The second-order valence-corrected chi connectivity index (χ2v) is 25.0. The fourth-order valence-corrected chi connectivity index (χ4v) is 11.2. The average Bonchev–Trinajstić information content (AvgIpc) is 4.08. The average molecular weight is 997 g/mol. The van der Waals surface area contributed by atoms with Gasteiger partial charge >= 0.3 is 0 Å². The monoisotopic (exact) mass is 997 g/mol. The van der Waals surface area contributed by atoms with Gasteiger partial charge in [0.15, 0.2) is 0 Å². The van der Waals surface area contributed by atoms with E-state index in [2.05, 4.69) is 267 Å². The molecule has 380 valence electrons. The third-order valence-corrected chi connectivity index (χ3v) is 15.6. The van der Waals surface area contributed by atoms with Gasteiger partial charge in [-0.2, -0.15) is 0 Å². The molecule has 0 bridgehead atoms. The van der Waals surface area contributed by atoms with Crippen LogP contribution in [0.3, 0.4) is 0 Å². The normalized spacial score (nSPS) is 13.4. The van der Waals surface area contributed by atoms with Crippen LogP contribution in [0.2, 0.25) is 0 Å². The van der Waals surface area contributed by atoms with Crippen LogP contribution in [-0.4, -0.2) is 16.2 Å². The van der Waals surface area contributed by atoms with Crippen LogP contribution in [0.5, 0.6) is 11.5 Å². The molecule has 0 atom stereocenters. The Bertz CT molecular complexity index is 3960. The summed E-state index contributed by atoms with van der Waals surface area (Å²) in [6.07, 6.45) is 1.93. The number of hydrogen-bond donors (Lipinski definition) is 0. The summed E-state index contributed by atoms with van der Waals surface area (Å²) in [4.78, 5) is 10.0. The maximum Gasteiger partial charge on any atom is 0.145 e. The van der Waals surface area contributed by atoms with Crippen molar-refractivity contribution in [1.29, 1.82) is 0 Å². The highest BCUT2D eigenvalue weighted by Gasteiger charge is 2.33. The van der Waals surface area contributed by atoms with Gasteiger partial charge in [0.2, 0.25) is 0 Å². The molecule has 0 radical (unpaired) electrons. The minimum Gasteiger partial charge on any atom is -0.457 e. The van der Waals surface area contributed by atoms with E-state index in [0.717, 1.165) is 78.1 Å². The predicted octanol–water partition coefficient (Wildman–Crippen LogP) is 19.6. The van der Waals surface area contributed by atoms with Crippen molar-refractivity contribution in [2.24, 2.45) is 0 Å². The molecule has 12 rings (SSSR count). The van der Waals surface area contributed by atoms with Gasteiger partial charge < -0.3 is 19.0 Å². The molecule has 4 heterocycles. The van der Waals surface area contributed by atoms with Crippen molar-refractivity contribution < 1.29 is 9.15 Å². The molecule has 3 aromatic heterocycles. The van der Waals surface area contributed by atoms with Crippen molar-refractivity contribution in [1.82, 2.24) is 9.55 Å². The summed E-state index contributed by atoms with van der Waals surface area (Å²) in [5, 5.41) is 4.33. The van der Waals surface area contributed by atoms with Crippen LogP contribution in [-0.2, 0) is 21.7 Å². The molecule has 8 aromatic carbocycles. The van der Waals surface area contributed by atoms with Gasteiger partial charge in [0.1, 0.15) is 35.2 Å². The minimum atomic E-state index is -0.177. The number of hydrogen-bond acceptors (Lipinski definition) is 5. The second kappa shape index (κ2) is 17.8. The van der Waals surface area contributed by atoms with Crippen molar-refractivity contribution >= 4 is 66.5 Å². The zero-order chi connectivity index (χ0) is 53.1. The Morgan fingerprint density at radius 1 is 0.447 bits per heavy atom. The van der Waals surface area contributed by atoms with E-state index in [0.29, 0.717) is 6.67 Å². The maximum absolute atomic E-state index is 7.15. The predicted molar refractivity (Wildman–Crippen MR) is 320 cm³/mol. The van der Waals surface area contributed by atoms with E-state index in [1.54, 1.807) is 0 Å². The van der Waals surface area contributed by atoms with Crippen molar-refractivity contribution in [3.8, 4) is 39.6 Å². The fourth-order valence-electron chi connectivity index (χ4n) is 11.2. The molecule has 6 nitrogen and oxygen atoms in total. The molecule has 0 unspecified atom stereocenters. The lowest BCUT2D eigenvalue weighted by molar-refractivity contribution is 0.479. The molecule has 0 saturated heterocycles. The number of ether oxygens (including phenoxy) is 1. The first kappa shape index (κ1) is 48.8. The van der Waals surface area contributed by atoms with Gasteiger partial charge in [-0.05, 0) is 122 Å². The van der Waals surface area contributed by atoms with Crippen LogP contribution < -0.4 is 14.5 Å². The van der Waals surface area contributed by atoms with Crippen molar-refractivity contribution in [2.75, 3.05) is 16.5 Å². The van der Waals surface area contributed by atoms with Crippen LogP contribution in [0.25, 0.3) is 71.8 Å². The number of furan rings is 1. The maximum atomic E-state index is 7.15. The summed E-state index contributed by atoms with van der Waals surface area (Å²) in [7, 11) is 0. The third kappa shape index (κ3) is 8.58. The molecular weight excluding hydrogens is 929 g/mol. The highest BCUT2D eigenvalue weighted by atomic mass is 16.5. The standard InChI is InChI=1S/C70H68N4O2/c1-67(2,3)46-28-24-44(25-29-46)53-19-17-20-54(45-26-30-47(31-27-45)68(4,5)6)65(53)73-43-72(58-21-14-15-22-59(58)73)50-38-49(70(10,11)12)39-52(41-50)75-51-32-33-57-61(42-51)74(63-40-48(36-37-71-63)69(7,8)9)60-35-34-56-55-18-13-16-23-62(55)76-66(56)64(57)60/h13-42H,43H2,1-12H3.